The molecular weight excluding hydrogens is 366 g/mol. The first kappa shape index (κ1) is 20.6. The number of aryl methyl sites for hydroxylation is 2. The van der Waals surface area contributed by atoms with Crippen LogP contribution in [0, 0.1) is 0 Å². The highest BCUT2D eigenvalue weighted by Crippen LogP contribution is 2.17. The lowest BCUT2D eigenvalue weighted by Crippen LogP contribution is -2.31. The average molecular weight is 393 g/mol. The third-order valence-electron chi connectivity index (χ3n) is 4.97. The minimum Gasteiger partial charge on any atom is -0.454 e. The molecule has 0 aliphatic rings. The summed E-state index contributed by atoms with van der Waals surface area (Å²) >= 11 is 0. The number of benzene rings is 2. The van der Waals surface area contributed by atoms with Crippen LogP contribution in [-0.2, 0) is 33.7 Å². The van der Waals surface area contributed by atoms with Gasteiger partial charge in [0.1, 0.15) is 12.4 Å². The molecule has 1 N–H and O–H groups in total. The Hall–Kier alpha value is -3.15. The predicted molar refractivity (Wildman–Crippen MR) is 112 cm³/mol. The Balaban J connectivity index is 1.54. The van der Waals surface area contributed by atoms with E-state index in [2.05, 4.69) is 29.4 Å². The van der Waals surface area contributed by atoms with Gasteiger partial charge in [0, 0.05) is 6.42 Å². The number of amides is 1. The second kappa shape index (κ2) is 9.37. The maximum atomic E-state index is 12.3. The Bertz CT molecular complexity index is 992. The van der Waals surface area contributed by atoms with Crippen LogP contribution in [0.25, 0.3) is 11.0 Å². The molecule has 0 aliphatic carbocycles. The first-order valence-corrected chi connectivity index (χ1v) is 9.99. The monoisotopic (exact) mass is 393 g/mol. The summed E-state index contributed by atoms with van der Waals surface area (Å²) in [5.41, 5.74) is 3.99. The summed E-state index contributed by atoms with van der Waals surface area (Å²) in [4.78, 5) is 29.0. The molecule has 1 atom stereocenters. The second-order valence-corrected chi connectivity index (χ2v) is 7.00. The molecule has 152 valence electrons. The Morgan fingerprint density at radius 3 is 2.48 bits per heavy atom. The van der Waals surface area contributed by atoms with Crippen LogP contribution >= 0.6 is 0 Å². The third kappa shape index (κ3) is 5.02. The van der Waals surface area contributed by atoms with Gasteiger partial charge in [-0.15, -0.1) is 0 Å². The molecule has 0 radical (unpaired) electrons. The van der Waals surface area contributed by atoms with Crippen LogP contribution in [0.4, 0.5) is 0 Å². The van der Waals surface area contributed by atoms with Gasteiger partial charge in [-0.1, -0.05) is 50.2 Å². The van der Waals surface area contributed by atoms with E-state index in [0.717, 1.165) is 28.8 Å². The molecule has 29 heavy (non-hydrogen) atoms. The number of hydrogen-bond donors (Lipinski definition) is 1. The fourth-order valence-electron chi connectivity index (χ4n) is 3.30. The van der Waals surface area contributed by atoms with E-state index in [9.17, 15) is 9.59 Å². The van der Waals surface area contributed by atoms with E-state index in [1.54, 1.807) is 0 Å². The summed E-state index contributed by atoms with van der Waals surface area (Å²) in [5, 5.41) is 2.86. The van der Waals surface area contributed by atoms with Gasteiger partial charge in [0.2, 0.25) is 0 Å². The number of aromatic nitrogens is 2. The molecule has 2 aromatic carbocycles. The molecule has 1 aromatic heterocycles. The largest absolute Gasteiger partial charge is 0.454 e. The number of para-hydroxylation sites is 2. The lowest BCUT2D eigenvalue weighted by Gasteiger charge is -2.15. The zero-order valence-electron chi connectivity index (χ0n) is 17.1. The van der Waals surface area contributed by atoms with Gasteiger partial charge in [-0.2, -0.15) is 0 Å². The molecule has 0 saturated heterocycles. The van der Waals surface area contributed by atoms with Crippen molar-refractivity contribution in [3.8, 4) is 0 Å². The SMILES string of the molecule is CCc1ccc(C(C)NC(=O)COC(=O)Cn2c(CC)nc3ccccc32)cc1. The van der Waals surface area contributed by atoms with Crippen molar-refractivity contribution in [2.45, 2.75) is 46.2 Å². The van der Waals surface area contributed by atoms with E-state index in [4.69, 9.17) is 4.74 Å². The molecule has 0 spiro atoms. The fraction of sp³-hybridized carbons (Fsp3) is 0.348. The number of carbonyl (C=O) groups is 2. The minimum absolute atomic E-state index is 0.0327. The number of imidazole rings is 1. The van der Waals surface area contributed by atoms with Crippen LogP contribution in [0.2, 0.25) is 0 Å². The van der Waals surface area contributed by atoms with E-state index < -0.39 is 5.97 Å². The summed E-state index contributed by atoms with van der Waals surface area (Å²) in [7, 11) is 0. The van der Waals surface area contributed by atoms with Crippen molar-refractivity contribution >= 4 is 22.9 Å². The highest BCUT2D eigenvalue weighted by molar-refractivity contribution is 5.82. The minimum atomic E-state index is -0.460. The molecule has 1 unspecified atom stereocenters. The van der Waals surface area contributed by atoms with E-state index in [1.165, 1.54) is 5.56 Å². The lowest BCUT2D eigenvalue weighted by atomic mass is 10.1. The fourth-order valence-corrected chi connectivity index (χ4v) is 3.30. The van der Waals surface area contributed by atoms with Crippen molar-refractivity contribution in [3.05, 3.63) is 65.5 Å². The Labute approximate surface area is 170 Å². The van der Waals surface area contributed by atoms with E-state index in [1.807, 2.05) is 54.8 Å². The molecule has 6 heteroatoms. The molecule has 3 aromatic rings. The van der Waals surface area contributed by atoms with Gasteiger partial charge in [-0.05, 0) is 36.6 Å². The Kier molecular flexibility index (Phi) is 6.65. The maximum Gasteiger partial charge on any atom is 0.326 e. The number of hydrogen-bond acceptors (Lipinski definition) is 4. The summed E-state index contributed by atoms with van der Waals surface area (Å²) in [5.74, 6) is 0.0336. The smallest absolute Gasteiger partial charge is 0.326 e. The van der Waals surface area contributed by atoms with Gasteiger partial charge >= 0.3 is 5.97 Å². The molecule has 3 rings (SSSR count). The van der Waals surface area contributed by atoms with Crippen LogP contribution in [-0.4, -0.2) is 28.0 Å². The third-order valence-corrected chi connectivity index (χ3v) is 4.97. The maximum absolute atomic E-state index is 12.3. The standard InChI is InChI=1S/C23H27N3O3/c1-4-17-10-12-18(13-11-17)16(3)24-22(27)15-29-23(28)14-26-20-9-7-6-8-19(20)25-21(26)5-2/h6-13,16H,4-5,14-15H2,1-3H3,(H,24,27). The van der Waals surface area contributed by atoms with Gasteiger partial charge in [0.05, 0.1) is 17.1 Å². The second-order valence-electron chi connectivity index (χ2n) is 7.00. The number of ether oxygens (including phenoxy) is 1. The quantitative estimate of drug-likeness (QED) is 0.594. The number of carbonyl (C=O) groups excluding carboxylic acids is 2. The number of nitrogens with one attached hydrogen (secondary N) is 1. The van der Waals surface area contributed by atoms with Crippen LogP contribution in [0.3, 0.4) is 0 Å². The molecule has 0 saturated carbocycles. The highest BCUT2D eigenvalue weighted by atomic mass is 16.5. The molecule has 1 amide bonds. The summed E-state index contributed by atoms with van der Waals surface area (Å²) in [6, 6.07) is 15.6. The summed E-state index contributed by atoms with van der Waals surface area (Å²) in [6.45, 7) is 5.73. The van der Waals surface area contributed by atoms with Gasteiger partial charge in [-0.3, -0.25) is 9.59 Å². The van der Waals surface area contributed by atoms with Crippen LogP contribution in [0.15, 0.2) is 48.5 Å². The highest BCUT2D eigenvalue weighted by Gasteiger charge is 2.15. The number of fused-ring (bicyclic) bond motifs is 1. The summed E-state index contributed by atoms with van der Waals surface area (Å²) < 4.78 is 7.04. The van der Waals surface area contributed by atoms with E-state index >= 15 is 0 Å². The van der Waals surface area contributed by atoms with Crippen LogP contribution in [0.1, 0.15) is 43.8 Å². The molecule has 0 aliphatic heterocycles. The predicted octanol–water partition coefficient (Wildman–Crippen LogP) is 3.58. The molecule has 0 fully saturated rings. The molecule has 1 heterocycles. The number of rotatable bonds is 8. The Morgan fingerprint density at radius 1 is 1.07 bits per heavy atom. The van der Waals surface area contributed by atoms with E-state index in [0.29, 0.717) is 6.42 Å². The first-order chi connectivity index (χ1) is 14.0. The molecular formula is C23H27N3O3. The average Bonchev–Trinajstić information content (AvgIpc) is 3.10. The lowest BCUT2D eigenvalue weighted by molar-refractivity contribution is -0.149. The van der Waals surface area contributed by atoms with E-state index in [-0.39, 0.29) is 25.1 Å². The van der Waals surface area contributed by atoms with Crippen LogP contribution < -0.4 is 5.32 Å². The topological polar surface area (TPSA) is 73.2 Å². The molecule has 6 nitrogen and oxygen atoms in total. The molecule has 0 bridgehead atoms. The number of nitrogens with zero attached hydrogens (tertiary/aromatic N) is 2. The van der Waals surface area contributed by atoms with Crippen molar-refractivity contribution in [2.75, 3.05) is 6.61 Å². The first-order valence-electron chi connectivity index (χ1n) is 9.99. The summed E-state index contributed by atoms with van der Waals surface area (Å²) in [6.07, 6.45) is 1.68. The van der Waals surface area contributed by atoms with Gasteiger partial charge < -0.3 is 14.6 Å². The zero-order valence-corrected chi connectivity index (χ0v) is 17.1. The van der Waals surface area contributed by atoms with Crippen molar-refractivity contribution in [2.24, 2.45) is 0 Å². The van der Waals surface area contributed by atoms with Gasteiger partial charge in [-0.25, -0.2) is 4.98 Å². The van der Waals surface area contributed by atoms with Crippen molar-refractivity contribution in [3.63, 3.8) is 0 Å². The van der Waals surface area contributed by atoms with Gasteiger partial charge in [0.25, 0.3) is 5.91 Å². The van der Waals surface area contributed by atoms with Crippen molar-refractivity contribution in [1.82, 2.24) is 14.9 Å². The van der Waals surface area contributed by atoms with Crippen molar-refractivity contribution < 1.29 is 14.3 Å². The zero-order chi connectivity index (χ0) is 20.8. The normalized spacial score (nSPS) is 12.0. The Morgan fingerprint density at radius 2 is 1.79 bits per heavy atom. The number of esters is 1. The van der Waals surface area contributed by atoms with Crippen LogP contribution in [0.5, 0.6) is 0 Å². The van der Waals surface area contributed by atoms with Crippen molar-refractivity contribution in [1.29, 1.82) is 0 Å². The van der Waals surface area contributed by atoms with Gasteiger partial charge in [0.15, 0.2) is 6.61 Å².